The molecule has 2 atom stereocenters. The first kappa shape index (κ1) is 17.6. The quantitative estimate of drug-likeness (QED) is 0.593. The molecule has 0 fully saturated rings. The summed E-state index contributed by atoms with van der Waals surface area (Å²) in [5, 5.41) is 5.14. The van der Waals surface area contributed by atoms with E-state index < -0.39 is 0 Å². The fraction of sp³-hybridized carbons (Fsp3) is 0.286. The van der Waals surface area contributed by atoms with Gasteiger partial charge in [-0.15, -0.1) is 0 Å². The highest BCUT2D eigenvalue weighted by Crippen LogP contribution is 2.32. The number of aromatic nitrogens is 2. The molecule has 0 bridgehead atoms. The minimum absolute atomic E-state index is 0.0655. The number of imidazole rings is 1. The Morgan fingerprint density at radius 2 is 1.96 bits per heavy atom. The molecule has 2 unspecified atom stereocenters. The van der Waals surface area contributed by atoms with Crippen LogP contribution in [-0.4, -0.2) is 9.97 Å². The van der Waals surface area contributed by atoms with E-state index in [0.29, 0.717) is 16.1 Å². The van der Waals surface area contributed by atoms with Gasteiger partial charge in [0, 0.05) is 28.5 Å². The molecule has 0 saturated heterocycles. The summed E-state index contributed by atoms with van der Waals surface area (Å²) in [7, 11) is 0. The van der Waals surface area contributed by atoms with Crippen molar-refractivity contribution in [1.29, 1.82) is 0 Å². The molecule has 1 heterocycles. The molecule has 0 saturated carbocycles. The van der Waals surface area contributed by atoms with Gasteiger partial charge in [0.1, 0.15) is 5.82 Å². The van der Waals surface area contributed by atoms with Crippen molar-refractivity contribution in [2.45, 2.75) is 37.8 Å². The monoisotopic (exact) mass is 385 g/mol. The summed E-state index contributed by atoms with van der Waals surface area (Å²) in [5.41, 5.74) is 3.94. The molecular formula is C21H21Cl2N3. The summed E-state index contributed by atoms with van der Waals surface area (Å²) in [4.78, 5) is 7.76. The highest BCUT2D eigenvalue weighted by atomic mass is 35.5. The average molecular weight is 386 g/mol. The summed E-state index contributed by atoms with van der Waals surface area (Å²) >= 11 is 12.4. The van der Waals surface area contributed by atoms with Gasteiger partial charge in [-0.25, -0.2) is 4.98 Å². The van der Waals surface area contributed by atoms with Crippen LogP contribution in [0, 0.1) is 0 Å². The van der Waals surface area contributed by atoms with E-state index in [1.807, 2.05) is 18.3 Å². The van der Waals surface area contributed by atoms with E-state index in [-0.39, 0.29) is 6.04 Å². The lowest BCUT2D eigenvalue weighted by Gasteiger charge is -2.30. The third-order valence-corrected chi connectivity index (χ3v) is 5.42. The Hall–Kier alpha value is -1.81. The van der Waals surface area contributed by atoms with Crippen LogP contribution < -0.4 is 5.32 Å². The zero-order chi connectivity index (χ0) is 17.9. The van der Waals surface area contributed by atoms with Crippen molar-refractivity contribution in [2.24, 2.45) is 0 Å². The molecule has 5 heteroatoms. The molecule has 0 spiro atoms. The minimum atomic E-state index is 0.0655. The first-order chi connectivity index (χ1) is 12.7. The van der Waals surface area contributed by atoms with Crippen LogP contribution in [0.25, 0.3) is 0 Å². The first-order valence-corrected chi connectivity index (χ1v) is 9.73. The van der Waals surface area contributed by atoms with Gasteiger partial charge in [0.15, 0.2) is 0 Å². The second-order valence-corrected chi connectivity index (χ2v) is 7.69. The molecule has 3 aromatic rings. The normalized spacial score (nSPS) is 17.7. The molecule has 3 nitrogen and oxygen atoms in total. The van der Waals surface area contributed by atoms with Crippen molar-refractivity contribution in [2.75, 3.05) is 0 Å². The number of hydrogen-bond donors (Lipinski definition) is 2. The summed E-state index contributed by atoms with van der Waals surface area (Å²) in [6.07, 6.45) is 7.91. The molecular weight excluding hydrogens is 365 g/mol. The predicted molar refractivity (Wildman–Crippen MR) is 107 cm³/mol. The molecule has 2 aromatic carbocycles. The van der Waals surface area contributed by atoms with Crippen molar-refractivity contribution in [3.05, 3.63) is 87.4 Å². The molecule has 1 aliphatic carbocycles. The standard InChI is InChI=1S/C21H21Cl2N3/c22-16-10-14(11-17(23)13-16)12-20(21-24-8-9-25-21)26-19-7-3-5-15-4-1-2-6-18(15)19/h1-2,4,6,8-11,13,19-20,26H,3,5,7,12H2,(H,24,25). The lowest BCUT2D eigenvalue weighted by atomic mass is 9.87. The molecule has 0 radical (unpaired) electrons. The highest BCUT2D eigenvalue weighted by molar-refractivity contribution is 6.34. The second-order valence-electron chi connectivity index (χ2n) is 6.82. The number of hydrogen-bond acceptors (Lipinski definition) is 2. The molecule has 1 aliphatic rings. The molecule has 0 aliphatic heterocycles. The average Bonchev–Trinajstić information content (AvgIpc) is 3.15. The van der Waals surface area contributed by atoms with E-state index in [1.165, 1.54) is 17.5 Å². The Morgan fingerprint density at radius 1 is 1.15 bits per heavy atom. The number of rotatable bonds is 5. The number of halogens is 2. The topological polar surface area (TPSA) is 40.7 Å². The number of nitrogens with one attached hydrogen (secondary N) is 2. The van der Waals surface area contributed by atoms with E-state index in [2.05, 4.69) is 39.6 Å². The smallest absolute Gasteiger partial charge is 0.123 e. The summed E-state index contributed by atoms with van der Waals surface area (Å²) in [6.45, 7) is 0. The van der Waals surface area contributed by atoms with E-state index in [1.54, 1.807) is 12.3 Å². The molecule has 0 amide bonds. The molecule has 1 aromatic heterocycles. The summed E-state index contributed by atoms with van der Waals surface area (Å²) in [5.74, 6) is 0.934. The van der Waals surface area contributed by atoms with Crippen LogP contribution in [0.2, 0.25) is 10.0 Å². The van der Waals surface area contributed by atoms with Crippen LogP contribution in [0.1, 0.15) is 47.4 Å². The minimum Gasteiger partial charge on any atom is -0.347 e. The van der Waals surface area contributed by atoms with Crippen LogP contribution in [-0.2, 0) is 12.8 Å². The van der Waals surface area contributed by atoms with Crippen LogP contribution in [0.5, 0.6) is 0 Å². The number of aryl methyl sites for hydroxylation is 1. The van der Waals surface area contributed by atoms with E-state index >= 15 is 0 Å². The van der Waals surface area contributed by atoms with Gasteiger partial charge in [-0.1, -0.05) is 47.5 Å². The predicted octanol–water partition coefficient (Wildman–Crippen LogP) is 5.67. The summed E-state index contributed by atoms with van der Waals surface area (Å²) < 4.78 is 0. The summed E-state index contributed by atoms with van der Waals surface area (Å²) in [6, 6.07) is 14.8. The Morgan fingerprint density at radius 3 is 2.73 bits per heavy atom. The van der Waals surface area contributed by atoms with E-state index in [4.69, 9.17) is 23.2 Å². The van der Waals surface area contributed by atoms with Gasteiger partial charge >= 0.3 is 0 Å². The molecule has 134 valence electrons. The van der Waals surface area contributed by atoms with Gasteiger partial charge in [-0.3, -0.25) is 0 Å². The zero-order valence-electron chi connectivity index (χ0n) is 14.4. The van der Waals surface area contributed by atoms with Crippen LogP contribution in [0.3, 0.4) is 0 Å². The Bertz CT molecular complexity index is 856. The number of H-pyrrole nitrogens is 1. The van der Waals surface area contributed by atoms with Gasteiger partial charge in [0.25, 0.3) is 0 Å². The van der Waals surface area contributed by atoms with Crippen molar-refractivity contribution in [3.8, 4) is 0 Å². The van der Waals surface area contributed by atoms with Gasteiger partial charge in [0.2, 0.25) is 0 Å². The Balaban J connectivity index is 1.61. The van der Waals surface area contributed by atoms with Crippen molar-refractivity contribution < 1.29 is 0 Å². The first-order valence-electron chi connectivity index (χ1n) is 8.97. The number of aromatic amines is 1. The maximum Gasteiger partial charge on any atom is 0.123 e. The lowest BCUT2D eigenvalue weighted by Crippen LogP contribution is -2.31. The van der Waals surface area contributed by atoms with E-state index in [0.717, 1.165) is 30.7 Å². The maximum atomic E-state index is 6.19. The molecule has 26 heavy (non-hydrogen) atoms. The molecule has 4 rings (SSSR count). The van der Waals surface area contributed by atoms with Crippen molar-refractivity contribution in [1.82, 2.24) is 15.3 Å². The Labute approximate surface area is 163 Å². The van der Waals surface area contributed by atoms with Crippen molar-refractivity contribution >= 4 is 23.2 Å². The Kier molecular flexibility index (Phi) is 5.30. The number of nitrogens with zero attached hydrogens (tertiary/aromatic N) is 1. The van der Waals surface area contributed by atoms with Crippen LogP contribution in [0.4, 0.5) is 0 Å². The fourth-order valence-electron chi connectivity index (χ4n) is 3.84. The largest absolute Gasteiger partial charge is 0.347 e. The van der Waals surface area contributed by atoms with Crippen LogP contribution >= 0.6 is 23.2 Å². The van der Waals surface area contributed by atoms with E-state index in [9.17, 15) is 0 Å². The fourth-order valence-corrected chi connectivity index (χ4v) is 4.41. The number of benzene rings is 2. The maximum absolute atomic E-state index is 6.19. The van der Waals surface area contributed by atoms with Gasteiger partial charge in [0.05, 0.1) is 6.04 Å². The lowest BCUT2D eigenvalue weighted by molar-refractivity contribution is 0.389. The third kappa shape index (κ3) is 3.96. The highest BCUT2D eigenvalue weighted by Gasteiger charge is 2.24. The van der Waals surface area contributed by atoms with Crippen molar-refractivity contribution in [3.63, 3.8) is 0 Å². The van der Waals surface area contributed by atoms with Gasteiger partial charge < -0.3 is 10.3 Å². The zero-order valence-corrected chi connectivity index (χ0v) is 15.9. The van der Waals surface area contributed by atoms with Gasteiger partial charge in [-0.05, 0) is 60.6 Å². The van der Waals surface area contributed by atoms with Gasteiger partial charge in [-0.2, -0.15) is 0 Å². The third-order valence-electron chi connectivity index (χ3n) is 4.98. The SMILES string of the molecule is Clc1cc(Cl)cc(CC(NC2CCCc3ccccc32)c2ncc[nH]2)c1. The number of fused-ring (bicyclic) bond motifs is 1. The van der Waals surface area contributed by atoms with Crippen LogP contribution in [0.15, 0.2) is 54.9 Å². The molecule has 2 N–H and O–H groups in total. The second kappa shape index (κ2) is 7.83.